The molecule has 0 heterocycles. The Labute approximate surface area is 221 Å². The Hall–Kier alpha value is -4.90. The first-order valence-corrected chi connectivity index (χ1v) is 11.4. The van der Waals surface area contributed by atoms with E-state index in [1.807, 2.05) is 0 Å². The lowest BCUT2D eigenvalue weighted by molar-refractivity contribution is -0.137. The summed E-state index contributed by atoms with van der Waals surface area (Å²) in [5.74, 6) is 3.14. The second-order valence-corrected chi connectivity index (χ2v) is 8.65. The highest BCUT2D eigenvalue weighted by molar-refractivity contribution is 5.90. The van der Waals surface area contributed by atoms with Gasteiger partial charge in [-0.15, -0.1) is 0 Å². The molecule has 0 aliphatic carbocycles. The second kappa shape index (κ2) is 12.9. The third kappa shape index (κ3) is 8.35. The van der Waals surface area contributed by atoms with E-state index in [1.54, 1.807) is 13.8 Å². The molecule has 0 unspecified atom stereocenters. The number of esters is 4. The molecule has 0 radical (unpaired) electrons. The number of carbonyl (C=O) groups excluding carboxylic acids is 4. The van der Waals surface area contributed by atoms with Crippen molar-refractivity contribution in [3.05, 3.63) is 84.0 Å². The predicted molar refractivity (Wildman–Crippen MR) is 141 cm³/mol. The van der Waals surface area contributed by atoms with Crippen LogP contribution in [-0.2, 0) is 19.2 Å². The van der Waals surface area contributed by atoms with E-state index in [0.29, 0.717) is 5.56 Å². The van der Waals surface area contributed by atoms with Crippen molar-refractivity contribution in [2.75, 3.05) is 0 Å². The Morgan fingerprint density at radius 3 is 1.37 bits per heavy atom. The molecule has 0 saturated heterocycles. The summed E-state index contributed by atoms with van der Waals surface area (Å²) in [4.78, 5) is 48.3. The van der Waals surface area contributed by atoms with Gasteiger partial charge in [-0.25, -0.2) is 14.4 Å². The first-order valence-electron chi connectivity index (χ1n) is 11.4. The van der Waals surface area contributed by atoms with Crippen molar-refractivity contribution in [3.8, 4) is 34.8 Å². The van der Waals surface area contributed by atoms with Crippen LogP contribution in [0, 0.1) is 17.8 Å². The van der Waals surface area contributed by atoms with Crippen LogP contribution >= 0.6 is 0 Å². The van der Waals surface area contributed by atoms with Crippen LogP contribution in [0.4, 0.5) is 0 Å². The highest BCUT2D eigenvalue weighted by atomic mass is 16.6. The zero-order valence-corrected chi connectivity index (χ0v) is 21.9. The van der Waals surface area contributed by atoms with Crippen molar-refractivity contribution in [2.24, 2.45) is 5.92 Å². The molecule has 2 rings (SSSR count). The summed E-state index contributed by atoms with van der Waals surface area (Å²) >= 11 is 0. The van der Waals surface area contributed by atoms with E-state index in [1.165, 1.54) is 57.2 Å². The third-order valence-corrected chi connectivity index (χ3v) is 4.59. The van der Waals surface area contributed by atoms with Crippen LogP contribution in [0.1, 0.15) is 45.7 Å². The minimum absolute atomic E-state index is 0.0187. The molecule has 2 aromatic rings. The van der Waals surface area contributed by atoms with Crippen LogP contribution in [0.3, 0.4) is 0 Å². The van der Waals surface area contributed by atoms with Crippen LogP contribution < -0.4 is 18.9 Å². The lowest BCUT2D eigenvalue weighted by atomic mass is 10.1. The van der Waals surface area contributed by atoms with E-state index in [0.717, 1.165) is 0 Å². The summed E-state index contributed by atoms with van der Waals surface area (Å²) < 4.78 is 21.3. The van der Waals surface area contributed by atoms with Crippen molar-refractivity contribution in [1.82, 2.24) is 0 Å². The molecule has 0 spiro atoms. The average molecular weight is 517 g/mol. The molecule has 0 atom stereocenters. The quantitative estimate of drug-likeness (QED) is 0.207. The van der Waals surface area contributed by atoms with Gasteiger partial charge in [-0.3, -0.25) is 4.79 Å². The molecule has 8 heteroatoms. The van der Waals surface area contributed by atoms with Crippen molar-refractivity contribution in [1.29, 1.82) is 0 Å². The maximum absolute atomic E-state index is 12.3. The summed E-state index contributed by atoms with van der Waals surface area (Å²) in [6, 6.07) is 8.68. The van der Waals surface area contributed by atoms with Crippen LogP contribution in [-0.4, -0.2) is 23.9 Å². The van der Waals surface area contributed by atoms with E-state index in [9.17, 15) is 19.2 Å². The van der Waals surface area contributed by atoms with E-state index < -0.39 is 29.8 Å². The molecule has 0 saturated carbocycles. The number of carbonyl (C=O) groups is 4. The monoisotopic (exact) mass is 516 g/mol. The van der Waals surface area contributed by atoms with Gasteiger partial charge >= 0.3 is 23.9 Å². The molecular weight excluding hydrogens is 488 g/mol. The first kappa shape index (κ1) is 29.3. The molecule has 2 aromatic carbocycles. The molecular formula is C30H28O8. The van der Waals surface area contributed by atoms with Gasteiger partial charge in [0.1, 0.15) is 17.2 Å². The Morgan fingerprint density at radius 1 is 0.632 bits per heavy atom. The van der Waals surface area contributed by atoms with Gasteiger partial charge in [0.2, 0.25) is 0 Å². The van der Waals surface area contributed by atoms with Gasteiger partial charge in [-0.05, 0) is 45.0 Å². The molecule has 0 bridgehead atoms. The highest BCUT2D eigenvalue weighted by Gasteiger charge is 2.16. The van der Waals surface area contributed by atoms with Gasteiger partial charge in [-0.2, -0.15) is 0 Å². The molecule has 38 heavy (non-hydrogen) atoms. The van der Waals surface area contributed by atoms with Crippen LogP contribution in [0.2, 0.25) is 0 Å². The second-order valence-electron chi connectivity index (χ2n) is 8.65. The largest absolute Gasteiger partial charge is 0.425 e. The summed E-state index contributed by atoms with van der Waals surface area (Å²) in [5.41, 5.74) is 1.10. The van der Waals surface area contributed by atoms with Crippen molar-refractivity contribution in [2.45, 2.75) is 34.6 Å². The number of hydrogen-bond donors (Lipinski definition) is 0. The molecule has 8 nitrogen and oxygen atoms in total. The summed E-state index contributed by atoms with van der Waals surface area (Å²) in [5, 5.41) is 0. The number of hydrogen-bond acceptors (Lipinski definition) is 8. The lowest BCUT2D eigenvalue weighted by Gasteiger charge is -2.11. The molecule has 0 aromatic heterocycles. The summed E-state index contributed by atoms with van der Waals surface area (Å²) in [7, 11) is 0. The summed E-state index contributed by atoms with van der Waals surface area (Å²) in [6.07, 6.45) is 0. The zero-order chi connectivity index (χ0) is 28.6. The van der Waals surface area contributed by atoms with Crippen LogP contribution in [0.25, 0.3) is 0 Å². The van der Waals surface area contributed by atoms with Gasteiger partial charge < -0.3 is 18.9 Å². The van der Waals surface area contributed by atoms with E-state index >= 15 is 0 Å². The fourth-order valence-electron chi connectivity index (χ4n) is 2.44. The Kier molecular flexibility index (Phi) is 9.94. The maximum atomic E-state index is 12.3. The summed E-state index contributed by atoms with van der Waals surface area (Å²) in [6.45, 7) is 18.5. The highest BCUT2D eigenvalue weighted by Crippen LogP contribution is 2.28. The van der Waals surface area contributed by atoms with Gasteiger partial charge in [-0.1, -0.05) is 45.4 Å². The van der Waals surface area contributed by atoms with Gasteiger partial charge in [0, 0.05) is 28.9 Å². The molecule has 196 valence electrons. The molecule has 0 aliphatic rings. The third-order valence-electron chi connectivity index (χ3n) is 4.59. The molecule has 0 amide bonds. The van der Waals surface area contributed by atoms with Gasteiger partial charge in [0.15, 0.2) is 5.75 Å². The standard InChI is InChI=1S/C30H28O8/c1-17(2)27(31)35-23-13-11-21(25(15-23)37-29(33)19(5)6)9-10-22-12-14-24(36-28(32)18(3)4)16-26(22)38-30(34)20(7)8/h11-16,20H,1,3,5H2,2,4,6-8H3. The predicted octanol–water partition coefficient (Wildman–Crippen LogP) is 5.09. The van der Waals surface area contributed by atoms with Gasteiger partial charge in [0.05, 0.1) is 17.0 Å². The van der Waals surface area contributed by atoms with Crippen molar-refractivity contribution < 1.29 is 38.1 Å². The molecule has 0 N–H and O–H groups in total. The Bertz CT molecular complexity index is 1400. The SMILES string of the molecule is C=C(C)C(=O)Oc1ccc(C#Cc2ccc(OC(=O)C(=C)C)cc2OC(=O)C(C)C)c(OC(=O)C(=C)C)c1. The first-order chi connectivity index (χ1) is 17.8. The zero-order valence-electron chi connectivity index (χ0n) is 21.9. The van der Waals surface area contributed by atoms with Crippen molar-refractivity contribution in [3.63, 3.8) is 0 Å². The van der Waals surface area contributed by atoms with Gasteiger partial charge in [0.25, 0.3) is 0 Å². The maximum Gasteiger partial charge on any atom is 0.338 e. The van der Waals surface area contributed by atoms with Crippen molar-refractivity contribution >= 4 is 23.9 Å². The van der Waals surface area contributed by atoms with Crippen LogP contribution in [0.5, 0.6) is 23.0 Å². The minimum atomic E-state index is -0.702. The lowest BCUT2D eigenvalue weighted by Crippen LogP contribution is -2.15. The van der Waals surface area contributed by atoms with Crippen LogP contribution in [0.15, 0.2) is 72.9 Å². The fraction of sp³-hybridized carbons (Fsp3) is 0.200. The average Bonchev–Trinajstić information content (AvgIpc) is 2.84. The Balaban J connectivity index is 2.54. The molecule has 0 fully saturated rings. The number of rotatable bonds is 8. The normalized spacial score (nSPS) is 9.95. The minimum Gasteiger partial charge on any atom is -0.425 e. The topological polar surface area (TPSA) is 105 Å². The number of ether oxygens (including phenoxy) is 4. The molecule has 0 aliphatic heterocycles. The Morgan fingerprint density at radius 2 is 1.00 bits per heavy atom. The van der Waals surface area contributed by atoms with E-state index in [-0.39, 0.29) is 45.3 Å². The smallest absolute Gasteiger partial charge is 0.338 e. The number of benzene rings is 2. The van der Waals surface area contributed by atoms with E-state index in [2.05, 4.69) is 31.6 Å². The van der Waals surface area contributed by atoms with E-state index in [4.69, 9.17) is 18.9 Å². The fourth-order valence-corrected chi connectivity index (χ4v) is 2.44.